The molecule has 0 aromatic carbocycles. The summed E-state index contributed by atoms with van der Waals surface area (Å²) in [5.74, 6) is 1.86. The summed E-state index contributed by atoms with van der Waals surface area (Å²) in [6, 6.07) is 3.93. The number of nitrogens with one attached hydrogen (secondary N) is 1. The van der Waals surface area contributed by atoms with E-state index in [0.29, 0.717) is 6.54 Å². The Morgan fingerprint density at radius 3 is 2.71 bits per heavy atom. The van der Waals surface area contributed by atoms with Gasteiger partial charge in [0, 0.05) is 11.9 Å². The van der Waals surface area contributed by atoms with Gasteiger partial charge in [0.2, 0.25) is 0 Å². The zero-order chi connectivity index (χ0) is 10.1. The maximum absolute atomic E-state index is 5.47. The van der Waals surface area contributed by atoms with Crippen molar-refractivity contribution in [1.29, 1.82) is 0 Å². The summed E-state index contributed by atoms with van der Waals surface area (Å²) in [6.45, 7) is 4.61. The number of aromatic nitrogens is 2. The van der Waals surface area contributed by atoms with E-state index in [1.54, 1.807) is 0 Å². The maximum atomic E-state index is 5.47. The fourth-order valence-corrected chi connectivity index (χ4v) is 1.70. The number of imidazole rings is 1. The van der Waals surface area contributed by atoms with Crippen molar-refractivity contribution in [2.75, 3.05) is 0 Å². The summed E-state index contributed by atoms with van der Waals surface area (Å²) in [7, 11) is 0. The molecule has 0 unspecified atom stereocenters. The summed E-state index contributed by atoms with van der Waals surface area (Å²) in [5.41, 5.74) is 1.07. The van der Waals surface area contributed by atoms with Crippen LogP contribution in [0, 0.1) is 18.6 Å². The summed E-state index contributed by atoms with van der Waals surface area (Å²) in [5, 5.41) is 0. The molecule has 2 aromatic rings. The van der Waals surface area contributed by atoms with Crippen molar-refractivity contribution in [1.82, 2.24) is 9.55 Å². The third-order valence-corrected chi connectivity index (χ3v) is 2.37. The van der Waals surface area contributed by atoms with Gasteiger partial charge in [-0.1, -0.05) is 0 Å². The Morgan fingerprint density at radius 2 is 2.21 bits per heavy atom. The van der Waals surface area contributed by atoms with Crippen molar-refractivity contribution in [3.05, 3.63) is 40.3 Å². The predicted octanol–water partition coefficient (Wildman–Crippen LogP) is 2.80. The van der Waals surface area contributed by atoms with Crippen LogP contribution in [0.5, 0.6) is 0 Å². The van der Waals surface area contributed by atoms with Crippen molar-refractivity contribution in [2.45, 2.75) is 20.4 Å². The highest BCUT2D eigenvalue weighted by molar-refractivity contribution is 7.71. The molecule has 0 aliphatic heterocycles. The van der Waals surface area contributed by atoms with Crippen LogP contribution < -0.4 is 0 Å². The number of H-pyrrole nitrogens is 1. The molecule has 0 bridgehead atoms. The summed E-state index contributed by atoms with van der Waals surface area (Å²) in [6.07, 6.45) is 1.99. The second-order valence-corrected chi connectivity index (χ2v) is 3.77. The Bertz CT molecular complexity index is 492. The molecular formula is C10H12N2OS. The van der Waals surface area contributed by atoms with Gasteiger partial charge >= 0.3 is 0 Å². The van der Waals surface area contributed by atoms with Crippen LogP contribution in [0.3, 0.4) is 0 Å². The molecule has 1 N–H and O–H groups in total. The van der Waals surface area contributed by atoms with E-state index in [2.05, 4.69) is 4.98 Å². The van der Waals surface area contributed by atoms with E-state index in [-0.39, 0.29) is 0 Å². The molecule has 2 heterocycles. The Balaban J connectivity index is 2.26. The molecule has 0 amide bonds. The largest absolute Gasteiger partial charge is 0.464 e. The van der Waals surface area contributed by atoms with Gasteiger partial charge in [0.1, 0.15) is 11.5 Å². The lowest BCUT2D eigenvalue weighted by molar-refractivity contribution is 0.469. The molecule has 0 spiro atoms. The minimum absolute atomic E-state index is 0.691. The number of hydrogen-bond donors (Lipinski definition) is 1. The molecule has 0 aliphatic carbocycles. The van der Waals surface area contributed by atoms with Crippen molar-refractivity contribution in [2.24, 2.45) is 0 Å². The Labute approximate surface area is 87.4 Å². The molecule has 3 nitrogen and oxygen atoms in total. The maximum Gasteiger partial charge on any atom is 0.177 e. The van der Waals surface area contributed by atoms with Crippen LogP contribution >= 0.6 is 12.2 Å². The molecule has 4 heteroatoms. The van der Waals surface area contributed by atoms with Gasteiger partial charge in [-0.2, -0.15) is 0 Å². The molecule has 14 heavy (non-hydrogen) atoms. The topological polar surface area (TPSA) is 33.9 Å². The highest BCUT2D eigenvalue weighted by Gasteiger charge is 2.01. The van der Waals surface area contributed by atoms with Gasteiger partial charge in [-0.05, 0) is 38.2 Å². The highest BCUT2D eigenvalue weighted by atomic mass is 32.1. The van der Waals surface area contributed by atoms with E-state index in [1.165, 1.54) is 0 Å². The summed E-state index contributed by atoms with van der Waals surface area (Å²) >= 11 is 5.14. The number of aryl methyl sites for hydroxylation is 2. The lowest BCUT2D eigenvalue weighted by Gasteiger charge is -1.97. The first kappa shape index (κ1) is 9.27. The second kappa shape index (κ2) is 3.46. The molecular weight excluding hydrogens is 196 g/mol. The average molecular weight is 208 g/mol. The first-order chi connectivity index (χ1) is 6.65. The van der Waals surface area contributed by atoms with Crippen molar-refractivity contribution >= 4 is 12.2 Å². The molecule has 0 aliphatic rings. The fourth-order valence-electron chi connectivity index (χ4n) is 1.42. The van der Waals surface area contributed by atoms with Crippen LogP contribution in [-0.4, -0.2) is 9.55 Å². The molecule has 0 atom stereocenters. The molecule has 0 saturated heterocycles. The number of rotatable bonds is 2. The third kappa shape index (κ3) is 1.80. The SMILES string of the molecule is Cc1cn(Cc2ccc(C)o2)c(=S)[nH]1. The molecule has 0 radical (unpaired) electrons. The van der Waals surface area contributed by atoms with Gasteiger partial charge in [0.15, 0.2) is 4.77 Å². The Kier molecular flexibility index (Phi) is 2.29. The van der Waals surface area contributed by atoms with Crippen LogP contribution in [0.25, 0.3) is 0 Å². The van der Waals surface area contributed by atoms with E-state index in [1.807, 2.05) is 36.7 Å². The van der Waals surface area contributed by atoms with Gasteiger partial charge in [-0.25, -0.2) is 0 Å². The van der Waals surface area contributed by atoms with Gasteiger partial charge in [0.05, 0.1) is 6.54 Å². The quantitative estimate of drug-likeness (QED) is 0.770. The summed E-state index contributed by atoms with van der Waals surface area (Å²) in [4.78, 5) is 3.07. The number of furan rings is 1. The van der Waals surface area contributed by atoms with E-state index in [4.69, 9.17) is 16.6 Å². The van der Waals surface area contributed by atoms with Crippen molar-refractivity contribution < 1.29 is 4.42 Å². The molecule has 0 saturated carbocycles. The van der Waals surface area contributed by atoms with Crippen molar-refractivity contribution in [3.63, 3.8) is 0 Å². The minimum Gasteiger partial charge on any atom is -0.464 e. The van der Waals surface area contributed by atoms with E-state index >= 15 is 0 Å². The van der Waals surface area contributed by atoms with Gasteiger partial charge in [-0.3, -0.25) is 0 Å². The van der Waals surface area contributed by atoms with Gasteiger partial charge < -0.3 is 14.0 Å². The third-order valence-electron chi connectivity index (χ3n) is 2.04. The van der Waals surface area contributed by atoms with Crippen LogP contribution in [0.1, 0.15) is 17.2 Å². The first-order valence-electron chi connectivity index (χ1n) is 4.46. The van der Waals surface area contributed by atoms with E-state index in [0.717, 1.165) is 22.0 Å². The van der Waals surface area contributed by atoms with Crippen LogP contribution in [0.4, 0.5) is 0 Å². The van der Waals surface area contributed by atoms with Crippen LogP contribution in [-0.2, 0) is 6.54 Å². The standard InChI is InChI=1S/C10H12N2OS/c1-7-5-12(10(14)11-7)6-9-4-3-8(2)13-9/h3-5H,6H2,1-2H3,(H,11,14). The number of hydrogen-bond acceptors (Lipinski definition) is 2. The van der Waals surface area contributed by atoms with Crippen molar-refractivity contribution in [3.8, 4) is 0 Å². The molecule has 74 valence electrons. The minimum atomic E-state index is 0.691. The lowest BCUT2D eigenvalue weighted by atomic mass is 10.4. The molecule has 0 fully saturated rings. The Hall–Kier alpha value is -1.29. The molecule has 2 aromatic heterocycles. The second-order valence-electron chi connectivity index (χ2n) is 3.38. The zero-order valence-corrected chi connectivity index (χ0v) is 9.02. The number of nitrogens with zero attached hydrogens (tertiary/aromatic N) is 1. The van der Waals surface area contributed by atoms with Gasteiger partial charge in [0.25, 0.3) is 0 Å². The first-order valence-corrected chi connectivity index (χ1v) is 4.87. The van der Waals surface area contributed by atoms with E-state index in [9.17, 15) is 0 Å². The fraction of sp³-hybridized carbons (Fsp3) is 0.300. The highest BCUT2D eigenvalue weighted by Crippen LogP contribution is 2.09. The average Bonchev–Trinajstić information content (AvgIpc) is 2.61. The monoisotopic (exact) mass is 208 g/mol. The van der Waals surface area contributed by atoms with Crippen LogP contribution in [0.15, 0.2) is 22.7 Å². The molecule has 2 rings (SSSR count). The zero-order valence-electron chi connectivity index (χ0n) is 8.20. The Morgan fingerprint density at radius 1 is 1.43 bits per heavy atom. The van der Waals surface area contributed by atoms with Crippen LogP contribution in [0.2, 0.25) is 0 Å². The lowest BCUT2D eigenvalue weighted by Crippen LogP contribution is -1.96. The smallest absolute Gasteiger partial charge is 0.177 e. The normalized spacial score (nSPS) is 10.7. The predicted molar refractivity (Wildman–Crippen MR) is 56.9 cm³/mol. The van der Waals surface area contributed by atoms with Gasteiger partial charge in [-0.15, -0.1) is 0 Å². The number of aromatic amines is 1. The summed E-state index contributed by atoms with van der Waals surface area (Å²) < 4.78 is 8.16. The van der Waals surface area contributed by atoms with E-state index < -0.39 is 0 Å².